The average molecular weight is 318 g/mol. The van der Waals surface area contributed by atoms with E-state index < -0.39 is 0 Å². The molecule has 1 aliphatic rings. The second kappa shape index (κ2) is 7.70. The van der Waals surface area contributed by atoms with Crippen molar-refractivity contribution < 1.29 is 5.11 Å². The first kappa shape index (κ1) is 18.3. The van der Waals surface area contributed by atoms with Crippen molar-refractivity contribution in [1.29, 1.82) is 0 Å². The van der Waals surface area contributed by atoms with Crippen molar-refractivity contribution in [2.75, 3.05) is 13.6 Å². The van der Waals surface area contributed by atoms with E-state index >= 15 is 0 Å². The van der Waals surface area contributed by atoms with Crippen molar-refractivity contribution in [2.24, 2.45) is 5.92 Å². The molecule has 0 radical (unpaired) electrons. The summed E-state index contributed by atoms with van der Waals surface area (Å²) in [6.45, 7) is 10.4. The van der Waals surface area contributed by atoms with Gasteiger partial charge in [-0.3, -0.25) is 0 Å². The Morgan fingerprint density at radius 3 is 2.52 bits per heavy atom. The van der Waals surface area contributed by atoms with Crippen LogP contribution in [0.3, 0.4) is 0 Å². The fourth-order valence-electron chi connectivity index (χ4n) is 5.12. The molecule has 0 aliphatic heterocycles. The fourth-order valence-corrected chi connectivity index (χ4v) is 5.12. The number of phenols is 1. The number of nitrogens with zero attached hydrogens (tertiary/aromatic N) is 1. The molecule has 0 fully saturated rings. The molecule has 2 rings (SSSR count). The highest BCUT2D eigenvalue weighted by Crippen LogP contribution is 2.47. The Kier molecular flexibility index (Phi) is 6.13. The number of hydrogen-bond acceptors (Lipinski definition) is 2. The molecule has 1 aromatic carbocycles. The average Bonchev–Trinajstić information content (AvgIpc) is 2.49. The largest absolute Gasteiger partial charge is 0.508 e. The van der Waals surface area contributed by atoms with Gasteiger partial charge in [0.15, 0.2) is 0 Å². The monoisotopic (exact) mass is 317 g/mol. The second-order valence-electron chi connectivity index (χ2n) is 7.69. The van der Waals surface area contributed by atoms with Gasteiger partial charge in [-0.1, -0.05) is 46.6 Å². The number of aromatic hydroxyl groups is 1. The predicted octanol–water partition coefficient (Wildman–Crippen LogP) is 5.13. The van der Waals surface area contributed by atoms with Gasteiger partial charge < -0.3 is 10.0 Å². The lowest BCUT2D eigenvalue weighted by Crippen LogP contribution is -2.55. The summed E-state index contributed by atoms with van der Waals surface area (Å²) in [6.07, 6.45) is 7.25. The van der Waals surface area contributed by atoms with Crippen LogP contribution in [0.5, 0.6) is 5.75 Å². The summed E-state index contributed by atoms with van der Waals surface area (Å²) >= 11 is 0. The summed E-state index contributed by atoms with van der Waals surface area (Å²) in [6, 6.07) is 6.64. The molecular formula is C21H35NO. The Hall–Kier alpha value is -1.02. The Bertz CT molecular complexity index is 513. The Balaban J connectivity index is 2.53. The molecule has 1 aliphatic carbocycles. The van der Waals surface area contributed by atoms with E-state index in [-0.39, 0.29) is 5.41 Å². The number of rotatable bonds is 7. The smallest absolute Gasteiger partial charge is 0.115 e. The number of benzene rings is 1. The van der Waals surface area contributed by atoms with E-state index in [2.05, 4.69) is 45.7 Å². The lowest BCUT2D eigenvalue weighted by Gasteiger charge is -2.51. The molecule has 1 N–H and O–H groups in total. The number of fused-ring (bicyclic) bond motifs is 1. The molecule has 1 aromatic rings. The lowest BCUT2D eigenvalue weighted by atomic mass is 9.60. The van der Waals surface area contributed by atoms with Crippen LogP contribution in [-0.2, 0) is 11.8 Å². The van der Waals surface area contributed by atoms with Crippen molar-refractivity contribution in [3.63, 3.8) is 0 Å². The van der Waals surface area contributed by atoms with Crippen molar-refractivity contribution >= 4 is 0 Å². The second-order valence-corrected chi connectivity index (χ2v) is 7.69. The van der Waals surface area contributed by atoms with Crippen LogP contribution in [0.4, 0.5) is 0 Å². The summed E-state index contributed by atoms with van der Waals surface area (Å²) < 4.78 is 0. The van der Waals surface area contributed by atoms with Crippen LogP contribution in [0.2, 0.25) is 0 Å². The third kappa shape index (κ3) is 3.57. The van der Waals surface area contributed by atoms with Crippen LogP contribution in [0, 0.1) is 5.92 Å². The standard InChI is InChI=1S/C21H35NO/c1-6-9-17-14-16-10-11-18(23)15-19(16)21(4,12-7-2)20(17)22(5)13-8-3/h10-11,15,17,20,23H,6-9,12-14H2,1-5H3/t17-,20-,21+/m0/s1. The zero-order valence-corrected chi connectivity index (χ0v) is 15.7. The van der Waals surface area contributed by atoms with Crippen LogP contribution < -0.4 is 0 Å². The van der Waals surface area contributed by atoms with Crippen LogP contribution in [-0.4, -0.2) is 29.6 Å². The molecule has 0 saturated heterocycles. The summed E-state index contributed by atoms with van der Waals surface area (Å²) in [7, 11) is 2.30. The van der Waals surface area contributed by atoms with E-state index in [0.717, 1.165) is 13.0 Å². The summed E-state index contributed by atoms with van der Waals surface area (Å²) in [5.74, 6) is 1.13. The molecule has 0 heterocycles. The number of phenolic OH excluding ortho intramolecular Hbond substituents is 1. The van der Waals surface area contributed by atoms with Crippen LogP contribution >= 0.6 is 0 Å². The van der Waals surface area contributed by atoms with Gasteiger partial charge in [-0.15, -0.1) is 0 Å². The first-order valence-electron chi connectivity index (χ1n) is 9.50. The summed E-state index contributed by atoms with van der Waals surface area (Å²) in [4.78, 5) is 2.60. The van der Waals surface area contributed by atoms with Gasteiger partial charge in [0.1, 0.15) is 5.75 Å². The molecule has 0 aromatic heterocycles. The molecule has 0 amide bonds. The minimum Gasteiger partial charge on any atom is -0.508 e. The van der Waals surface area contributed by atoms with Crippen LogP contribution in [0.15, 0.2) is 18.2 Å². The maximum Gasteiger partial charge on any atom is 0.115 e. The highest BCUT2D eigenvalue weighted by molar-refractivity contribution is 5.44. The van der Waals surface area contributed by atoms with E-state index in [4.69, 9.17) is 0 Å². The van der Waals surface area contributed by atoms with Gasteiger partial charge >= 0.3 is 0 Å². The minimum absolute atomic E-state index is 0.130. The topological polar surface area (TPSA) is 23.5 Å². The maximum absolute atomic E-state index is 10.1. The van der Waals surface area contributed by atoms with Crippen LogP contribution in [0.25, 0.3) is 0 Å². The van der Waals surface area contributed by atoms with Crippen molar-refractivity contribution in [3.05, 3.63) is 29.3 Å². The van der Waals surface area contributed by atoms with E-state index in [0.29, 0.717) is 17.7 Å². The highest BCUT2D eigenvalue weighted by atomic mass is 16.3. The van der Waals surface area contributed by atoms with Gasteiger partial charge in [0.05, 0.1) is 0 Å². The van der Waals surface area contributed by atoms with Gasteiger partial charge in [0.25, 0.3) is 0 Å². The first-order chi connectivity index (χ1) is 11.0. The first-order valence-corrected chi connectivity index (χ1v) is 9.50. The Morgan fingerprint density at radius 2 is 1.91 bits per heavy atom. The molecule has 3 atom stereocenters. The van der Waals surface area contributed by atoms with Crippen LogP contribution in [0.1, 0.15) is 70.9 Å². The number of likely N-dealkylation sites (N-methyl/N-ethyl adjacent to an activating group) is 1. The molecule has 0 bridgehead atoms. The minimum atomic E-state index is 0.130. The molecular weight excluding hydrogens is 282 g/mol. The van der Waals surface area contributed by atoms with E-state index in [9.17, 15) is 5.11 Å². The lowest BCUT2D eigenvalue weighted by molar-refractivity contribution is 0.0738. The van der Waals surface area contributed by atoms with Crippen molar-refractivity contribution in [3.8, 4) is 5.75 Å². The highest BCUT2D eigenvalue weighted by Gasteiger charge is 2.46. The maximum atomic E-state index is 10.1. The van der Waals surface area contributed by atoms with Gasteiger partial charge in [-0.2, -0.15) is 0 Å². The third-order valence-electron chi connectivity index (χ3n) is 5.77. The SMILES string of the molecule is CCC[C@H]1Cc2ccc(O)cc2[C@@](C)(CCC)[C@H]1N(C)CCC. The molecule has 2 heteroatoms. The fraction of sp³-hybridized carbons (Fsp3) is 0.714. The zero-order chi connectivity index (χ0) is 17.0. The molecule has 0 unspecified atom stereocenters. The van der Waals surface area contributed by atoms with Gasteiger partial charge in [0.2, 0.25) is 0 Å². The van der Waals surface area contributed by atoms with Gasteiger partial charge in [-0.05, 0) is 68.5 Å². The Labute approximate surface area is 142 Å². The summed E-state index contributed by atoms with van der Waals surface area (Å²) in [5, 5.41) is 10.1. The summed E-state index contributed by atoms with van der Waals surface area (Å²) in [5.41, 5.74) is 2.98. The van der Waals surface area contributed by atoms with Crippen molar-refractivity contribution in [1.82, 2.24) is 4.90 Å². The molecule has 2 nitrogen and oxygen atoms in total. The number of hydrogen-bond donors (Lipinski definition) is 1. The van der Waals surface area contributed by atoms with Gasteiger partial charge in [-0.25, -0.2) is 0 Å². The molecule has 130 valence electrons. The van der Waals surface area contributed by atoms with Gasteiger partial charge in [0, 0.05) is 11.5 Å². The predicted molar refractivity (Wildman–Crippen MR) is 99.2 cm³/mol. The third-order valence-corrected chi connectivity index (χ3v) is 5.77. The van der Waals surface area contributed by atoms with E-state index in [1.165, 1.54) is 43.2 Å². The van der Waals surface area contributed by atoms with Crippen molar-refractivity contribution in [2.45, 2.75) is 77.7 Å². The zero-order valence-electron chi connectivity index (χ0n) is 15.7. The normalized spacial score (nSPS) is 27.2. The van der Waals surface area contributed by atoms with E-state index in [1.54, 1.807) is 0 Å². The van der Waals surface area contributed by atoms with E-state index in [1.807, 2.05) is 12.1 Å². The molecule has 23 heavy (non-hydrogen) atoms. The molecule has 0 spiro atoms. The molecule has 0 saturated carbocycles. The Morgan fingerprint density at radius 1 is 1.17 bits per heavy atom. The quantitative estimate of drug-likeness (QED) is 0.753.